The number of esters is 3. The van der Waals surface area contributed by atoms with Crippen LogP contribution in [0.1, 0.15) is 316 Å². The lowest BCUT2D eigenvalue weighted by Gasteiger charge is -2.18. The van der Waals surface area contributed by atoms with Gasteiger partial charge in [0.05, 0.1) is 0 Å². The Bertz CT molecular complexity index is 1430. The molecule has 0 aliphatic carbocycles. The molecule has 0 N–H and O–H groups in total. The lowest BCUT2D eigenvalue weighted by atomic mass is 10.0. The first-order chi connectivity index (χ1) is 37.0. The molecule has 1 unspecified atom stereocenters. The Hall–Kier alpha value is -3.41. The highest BCUT2D eigenvalue weighted by molar-refractivity contribution is 5.71. The average molecular weight is 1050 g/mol. The lowest BCUT2D eigenvalue weighted by molar-refractivity contribution is -0.167. The van der Waals surface area contributed by atoms with Gasteiger partial charge >= 0.3 is 17.9 Å². The zero-order valence-electron chi connectivity index (χ0n) is 49.6. The van der Waals surface area contributed by atoms with Crippen LogP contribution in [0, 0.1) is 0 Å². The van der Waals surface area contributed by atoms with Crippen LogP contribution in [0.15, 0.2) is 85.1 Å². The van der Waals surface area contributed by atoms with Crippen molar-refractivity contribution < 1.29 is 28.6 Å². The third kappa shape index (κ3) is 61.3. The zero-order chi connectivity index (χ0) is 54.3. The van der Waals surface area contributed by atoms with E-state index in [1.807, 2.05) is 0 Å². The minimum atomic E-state index is -0.776. The number of unbranched alkanes of at least 4 members (excludes halogenated alkanes) is 33. The number of allylic oxidation sites excluding steroid dienone is 14. The first kappa shape index (κ1) is 71.6. The Balaban J connectivity index is 4.06. The van der Waals surface area contributed by atoms with Gasteiger partial charge in [0.2, 0.25) is 0 Å². The molecule has 1 atom stereocenters. The maximum absolute atomic E-state index is 12.8. The van der Waals surface area contributed by atoms with Gasteiger partial charge in [0.1, 0.15) is 13.2 Å². The monoisotopic (exact) mass is 1040 g/mol. The van der Waals surface area contributed by atoms with Gasteiger partial charge in [-0.25, -0.2) is 0 Å². The predicted octanol–water partition coefficient (Wildman–Crippen LogP) is 21.9. The van der Waals surface area contributed by atoms with Crippen LogP contribution in [0.2, 0.25) is 0 Å². The molecule has 6 nitrogen and oxygen atoms in total. The average Bonchev–Trinajstić information content (AvgIpc) is 3.41. The number of rotatable bonds is 58. The molecule has 0 fully saturated rings. The largest absolute Gasteiger partial charge is 0.462 e. The van der Waals surface area contributed by atoms with Crippen molar-refractivity contribution in [2.75, 3.05) is 13.2 Å². The first-order valence-electron chi connectivity index (χ1n) is 32.1. The standard InChI is InChI=1S/C69H120O6/c1-4-7-10-13-15-17-19-21-23-25-27-29-31-32-33-34-35-36-38-39-41-43-45-47-49-51-53-56-59-62-68(71)74-65-66(64-73-67(70)61-58-55-12-9-6-3)75-69(72)63-60-57-54-52-50-48-46-44-42-40-37-30-28-26-24-22-20-18-16-14-11-8-5-2/h7,10,15,17,21,23,27,29,32-33,35-36,39,41,66H,4-6,8-9,11-14,16,18-20,22,24-26,28,30-31,34,37-38,40,42-65H2,1-3H3/b10-7-,17-15-,23-21-,29-27-,33-32-,36-35-,41-39-. The topological polar surface area (TPSA) is 78.9 Å². The molecule has 0 rings (SSSR count). The third-order valence-electron chi connectivity index (χ3n) is 13.9. The van der Waals surface area contributed by atoms with Crippen molar-refractivity contribution >= 4 is 17.9 Å². The van der Waals surface area contributed by atoms with Crippen LogP contribution in [0.25, 0.3) is 0 Å². The summed E-state index contributed by atoms with van der Waals surface area (Å²) < 4.78 is 16.8. The highest BCUT2D eigenvalue weighted by Gasteiger charge is 2.19. The molecule has 0 saturated heterocycles. The molecule has 0 amide bonds. The smallest absolute Gasteiger partial charge is 0.306 e. The fourth-order valence-electron chi connectivity index (χ4n) is 9.13. The van der Waals surface area contributed by atoms with E-state index < -0.39 is 6.10 Å². The van der Waals surface area contributed by atoms with Crippen LogP contribution in [-0.4, -0.2) is 37.2 Å². The van der Waals surface area contributed by atoms with Crippen LogP contribution in [0.3, 0.4) is 0 Å². The molecule has 432 valence electrons. The Labute approximate surface area is 465 Å². The van der Waals surface area contributed by atoms with E-state index in [9.17, 15) is 14.4 Å². The Morgan fingerprint density at radius 2 is 0.520 bits per heavy atom. The number of carbonyl (C=O) groups excluding carboxylic acids is 3. The number of carbonyl (C=O) groups is 3. The molecule has 0 spiro atoms. The van der Waals surface area contributed by atoms with E-state index in [2.05, 4.69) is 106 Å². The zero-order valence-corrected chi connectivity index (χ0v) is 49.6. The maximum atomic E-state index is 12.8. The highest BCUT2D eigenvalue weighted by atomic mass is 16.6. The molecule has 0 aliphatic heterocycles. The Morgan fingerprint density at radius 1 is 0.280 bits per heavy atom. The van der Waals surface area contributed by atoms with E-state index >= 15 is 0 Å². The first-order valence-corrected chi connectivity index (χ1v) is 32.1. The van der Waals surface area contributed by atoms with Gasteiger partial charge in [0.25, 0.3) is 0 Å². The third-order valence-corrected chi connectivity index (χ3v) is 13.9. The Morgan fingerprint density at radius 3 is 0.813 bits per heavy atom. The fraction of sp³-hybridized carbons (Fsp3) is 0.754. The van der Waals surface area contributed by atoms with Crippen LogP contribution in [0.5, 0.6) is 0 Å². The maximum Gasteiger partial charge on any atom is 0.306 e. The molecule has 0 aromatic carbocycles. The summed E-state index contributed by atoms with van der Waals surface area (Å²) in [6.45, 7) is 6.47. The molecule has 75 heavy (non-hydrogen) atoms. The molecule has 0 radical (unpaired) electrons. The molecule has 0 bridgehead atoms. The van der Waals surface area contributed by atoms with Gasteiger partial charge < -0.3 is 14.2 Å². The van der Waals surface area contributed by atoms with Crippen LogP contribution in [-0.2, 0) is 28.6 Å². The van der Waals surface area contributed by atoms with Crippen molar-refractivity contribution in [3.63, 3.8) is 0 Å². The van der Waals surface area contributed by atoms with Crippen molar-refractivity contribution in [2.24, 2.45) is 0 Å². The van der Waals surface area contributed by atoms with Gasteiger partial charge in [-0.05, 0) is 77.0 Å². The normalized spacial score (nSPS) is 12.6. The molecule has 0 heterocycles. The summed E-state index contributed by atoms with van der Waals surface area (Å²) in [5.74, 6) is -0.891. The van der Waals surface area contributed by atoms with E-state index in [1.54, 1.807) is 0 Å². The second kappa shape index (κ2) is 63.1. The van der Waals surface area contributed by atoms with E-state index in [-0.39, 0.29) is 31.1 Å². The minimum Gasteiger partial charge on any atom is -0.462 e. The van der Waals surface area contributed by atoms with E-state index in [0.29, 0.717) is 19.3 Å². The van der Waals surface area contributed by atoms with Gasteiger partial charge in [-0.3, -0.25) is 14.4 Å². The summed E-state index contributed by atoms with van der Waals surface area (Å²) in [5.41, 5.74) is 0. The molecule has 6 heteroatoms. The molecule has 0 aromatic heterocycles. The van der Waals surface area contributed by atoms with Crippen molar-refractivity contribution in [2.45, 2.75) is 322 Å². The second-order valence-electron chi connectivity index (χ2n) is 21.3. The molecule has 0 saturated carbocycles. The summed E-state index contributed by atoms with van der Waals surface area (Å²) in [5, 5.41) is 0. The van der Waals surface area contributed by atoms with Crippen molar-refractivity contribution in [3.8, 4) is 0 Å². The SMILES string of the molecule is CC/C=C\C/C=C\C/C=C\C/C=C\C/C=C\C/C=C\C/C=C\CCCCCCCCCC(=O)OCC(COC(=O)CCCCCCC)OC(=O)CCCCCCCCCCCCCCCCCCCCCCCCC. The van der Waals surface area contributed by atoms with E-state index in [4.69, 9.17) is 14.2 Å². The number of ether oxygens (including phenoxy) is 3. The highest BCUT2D eigenvalue weighted by Crippen LogP contribution is 2.17. The minimum absolute atomic E-state index is 0.0779. The van der Waals surface area contributed by atoms with Crippen molar-refractivity contribution in [1.29, 1.82) is 0 Å². The van der Waals surface area contributed by atoms with Gasteiger partial charge in [0.15, 0.2) is 6.10 Å². The fourth-order valence-corrected chi connectivity index (χ4v) is 9.13. The van der Waals surface area contributed by atoms with Gasteiger partial charge in [-0.1, -0.05) is 305 Å². The summed E-state index contributed by atoms with van der Waals surface area (Å²) in [7, 11) is 0. The van der Waals surface area contributed by atoms with E-state index in [1.165, 1.54) is 161 Å². The lowest BCUT2D eigenvalue weighted by Crippen LogP contribution is -2.30. The molecule has 0 aliphatic rings. The van der Waals surface area contributed by atoms with Crippen LogP contribution >= 0.6 is 0 Å². The molecular weight excluding hydrogens is 925 g/mol. The summed E-state index contributed by atoms with van der Waals surface area (Å²) >= 11 is 0. The summed E-state index contributed by atoms with van der Waals surface area (Å²) in [6.07, 6.45) is 83.6. The van der Waals surface area contributed by atoms with Gasteiger partial charge in [-0.2, -0.15) is 0 Å². The number of hydrogen-bond donors (Lipinski definition) is 0. The van der Waals surface area contributed by atoms with Gasteiger partial charge in [-0.15, -0.1) is 0 Å². The number of hydrogen-bond acceptors (Lipinski definition) is 6. The summed E-state index contributed by atoms with van der Waals surface area (Å²) in [4.78, 5) is 37.9. The molecular formula is C69H120O6. The summed E-state index contributed by atoms with van der Waals surface area (Å²) in [6, 6.07) is 0. The van der Waals surface area contributed by atoms with Crippen molar-refractivity contribution in [1.82, 2.24) is 0 Å². The van der Waals surface area contributed by atoms with Crippen LogP contribution < -0.4 is 0 Å². The molecule has 0 aromatic rings. The van der Waals surface area contributed by atoms with E-state index in [0.717, 1.165) is 116 Å². The quantitative estimate of drug-likeness (QED) is 0.0261. The predicted molar refractivity (Wildman–Crippen MR) is 325 cm³/mol. The second-order valence-corrected chi connectivity index (χ2v) is 21.3. The van der Waals surface area contributed by atoms with Crippen LogP contribution in [0.4, 0.5) is 0 Å². The van der Waals surface area contributed by atoms with Crippen molar-refractivity contribution in [3.05, 3.63) is 85.1 Å². The Kier molecular flexibility index (Phi) is 60.3. The van der Waals surface area contributed by atoms with Gasteiger partial charge in [0, 0.05) is 19.3 Å².